The van der Waals surface area contributed by atoms with Gasteiger partial charge < -0.3 is 14.2 Å². The summed E-state index contributed by atoms with van der Waals surface area (Å²) in [6, 6.07) is 29.7. The molecule has 0 aliphatic heterocycles. The van der Waals surface area contributed by atoms with Crippen molar-refractivity contribution in [1.82, 2.24) is 0 Å². The van der Waals surface area contributed by atoms with Crippen LogP contribution in [0.3, 0.4) is 0 Å². The third-order valence-corrected chi connectivity index (χ3v) is 5.58. The maximum Gasteiger partial charge on any atom is 0.338 e. The predicted molar refractivity (Wildman–Crippen MR) is 136 cm³/mol. The summed E-state index contributed by atoms with van der Waals surface area (Å²) in [6.07, 6.45) is 0. The molecular weight excluding hydrogens is 424 g/mol. The zero-order chi connectivity index (χ0) is 24.1. The molecule has 0 aromatic heterocycles. The average Bonchev–Trinajstić information content (AvgIpc) is 2.89. The summed E-state index contributed by atoms with van der Waals surface area (Å²) >= 11 is 0. The number of hydrogen-bond donors (Lipinski definition) is 0. The zero-order valence-electron chi connectivity index (χ0n) is 19.5. The molecule has 0 atom stereocenters. The van der Waals surface area contributed by atoms with Gasteiger partial charge in [-0.25, -0.2) is 4.79 Å². The molecule has 4 heteroatoms. The number of carbonyl (C=O) groups is 1. The maximum absolute atomic E-state index is 12.4. The molecule has 4 rings (SSSR count). The second-order valence-corrected chi connectivity index (χ2v) is 7.92. The topological polar surface area (TPSA) is 44.8 Å². The van der Waals surface area contributed by atoms with Crippen LogP contribution >= 0.6 is 0 Å². The van der Waals surface area contributed by atoms with E-state index in [0.29, 0.717) is 11.3 Å². The molecule has 0 radical (unpaired) electrons. The SMILES string of the molecule is C=C(C)C(=O)Oc1cc(-c2ccc(OC)cc2)ccc1-c1ccc(-c2ccc(OC)cc2)cc1. The van der Waals surface area contributed by atoms with Crippen molar-refractivity contribution in [3.63, 3.8) is 0 Å². The van der Waals surface area contributed by atoms with E-state index in [1.807, 2.05) is 78.9 Å². The van der Waals surface area contributed by atoms with Gasteiger partial charge in [0, 0.05) is 11.1 Å². The van der Waals surface area contributed by atoms with Crippen LogP contribution in [0.15, 0.2) is 103 Å². The van der Waals surface area contributed by atoms with Gasteiger partial charge in [-0.15, -0.1) is 0 Å². The molecule has 0 unspecified atom stereocenters. The van der Waals surface area contributed by atoms with Crippen LogP contribution in [0.25, 0.3) is 33.4 Å². The molecule has 4 aromatic rings. The summed E-state index contributed by atoms with van der Waals surface area (Å²) < 4.78 is 16.2. The Labute approximate surface area is 200 Å². The molecule has 0 aliphatic carbocycles. The fraction of sp³-hybridized carbons (Fsp3) is 0.100. The predicted octanol–water partition coefficient (Wildman–Crippen LogP) is 7.19. The second-order valence-electron chi connectivity index (χ2n) is 7.92. The zero-order valence-corrected chi connectivity index (χ0v) is 19.5. The highest BCUT2D eigenvalue weighted by Crippen LogP contribution is 2.36. The summed E-state index contributed by atoms with van der Waals surface area (Å²) in [5.74, 6) is 1.63. The van der Waals surface area contributed by atoms with Gasteiger partial charge in [0.1, 0.15) is 17.2 Å². The van der Waals surface area contributed by atoms with Crippen molar-refractivity contribution in [2.45, 2.75) is 6.92 Å². The van der Waals surface area contributed by atoms with Crippen molar-refractivity contribution in [2.75, 3.05) is 14.2 Å². The van der Waals surface area contributed by atoms with Gasteiger partial charge in [0.05, 0.1) is 14.2 Å². The van der Waals surface area contributed by atoms with Gasteiger partial charge in [-0.2, -0.15) is 0 Å². The first kappa shape index (κ1) is 22.9. The molecule has 0 saturated heterocycles. The highest BCUT2D eigenvalue weighted by molar-refractivity contribution is 5.91. The van der Waals surface area contributed by atoms with Crippen molar-refractivity contribution in [2.24, 2.45) is 0 Å². The first-order chi connectivity index (χ1) is 16.5. The van der Waals surface area contributed by atoms with Gasteiger partial charge in [0.2, 0.25) is 0 Å². The van der Waals surface area contributed by atoms with Crippen molar-refractivity contribution >= 4 is 5.97 Å². The Morgan fingerprint density at radius 1 is 0.618 bits per heavy atom. The molecule has 0 fully saturated rings. The van der Waals surface area contributed by atoms with Gasteiger partial charge >= 0.3 is 5.97 Å². The highest BCUT2D eigenvalue weighted by Gasteiger charge is 2.14. The van der Waals surface area contributed by atoms with Crippen LogP contribution in [0.1, 0.15) is 6.92 Å². The molecule has 4 aromatic carbocycles. The molecule has 0 spiro atoms. The normalized spacial score (nSPS) is 10.4. The number of hydrogen-bond acceptors (Lipinski definition) is 4. The molecule has 0 amide bonds. The van der Waals surface area contributed by atoms with Crippen LogP contribution in [0, 0.1) is 0 Å². The van der Waals surface area contributed by atoms with Crippen molar-refractivity contribution in [3.05, 3.63) is 103 Å². The Balaban J connectivity index is 1.70. The lowest BCUT2D eigenvalue weighted by molar-refractivity contribution is -0.130. The van der Waals surface area contributed by atoms with Gasteiger partial charge in [0.25, 0.3) is 0 Å². The molecule has 170 valence electrons. The highest BCUT2D eigenvalue weighted by atomic mass is 16.5. The standard InChI is InChI=1S/C30H26O4/c1-20(2)30(31)34-29-19-25(23-11-16-27(33-4)17-12-23)13-18-28(29)24-7-5-21(6-8-24)22-9-14-26(32-3)15-10-22/h5-19H,1H2,2-4H3. The van der Waals surface area contributed by atoms with Gasteiger partial charge in [0.15, 0.2) is 0 Å². The monoisotopic (exact) mass is 450 g/mol. The van der Waals surface area contributed by atoms with E-state index in [1.54, 1.807) is 21.1 Å². The van der Waals surface area contributed by atoms with E-state index < -0.39 is 5.97 Å². The average molecular weight is 451 g/mol. The van der Waals surface area contributed by atoms with Gasteiger partial charge in [-0.3, -0.25) is 0 Å². The molecule has 0 bridgehead atoms. The van der Waals surface area contributed by atoms with E-state index in [4.69, 9.17) is 14.2 Å². The minimum Gasteiger partial charge on any atom is -0.497 e. The van der Waals surface area contributed by atoms with Crippen LogP contribution < -0.4 is 14.2 Å². The molecule has 4 nitrogen and oxygen atoms in total. The summed E-state index contributed by atoms with van der Waals surface area (Å²) in [5, 5.41) is 0. The van der Waals surface area contributed by atoms with Crippen molar-refractivity contribution < 1.29 is 19.0 Å². The Bertz CT molecular complexity index is 1300. The maximum atomic E-state index is 12.4. The third-order valence-electron chi connectivity index (χ3n) is 5.58. The molecular formula is C30H26O4. The summed E-state index contributed by atoms with van der Waals surface area (Å²) in [4.78, 5) is 12.4. The molecule has 0 aliphatic rings. The number of benzene rings is 4. The van der Waals surface area contributed by atoms with Crippen LogP contribution in [0.5, 0.6) is 17.2 Å². The van der Waals surface area contributed by atoms with E-state index in [1.165, 1.54) is 0 Å². The van der Waals surface area contributed by atoms with Gasteiger partial charge in [-0.05, 0) is 65.1 Å². The summed E-state index contributed by atoms with van der Waals surface area (Å²) in [6.45, 7) is 5.35. The lowest BCUT2D eigenvalue weighted by atomic mass is 9.97. The minimum atomic E-state index is -0.456. The first-order valence-electron chi connectivity index (χ1n) is 10.9. The summed E-state index contributed by atoms with van der Waals surface area (Å²) in [5.41, 5.74) is 6.23. The largest absolute Gasteiger partial charge is 0.497 e. The molecule has 0 heterocycles. The van der Waals surface area contributed by atoms with E-state index >= 15 is 0 Å². The quantitative estimate of drug-likeness (QED) is 0.170. The molecule has 0 saturated carbocycles. The van der Waals surface area contributed by atoms with E-state index in [2.05, 4.69) is 18.7 Å². The van der Waals surface area contributed by atoms with Crippen molar-refractivity contribution in [3.8, 4) is 50.6 Å². The lowest BCUT2D eigenvalue weighted by Gasteiger charge is -2.14. The Morgan fingerprint density at radius 2 is 1.03 bits per heavy atom. The van der Waals surface area contributed by atoms with Crippen LogP contribution in [0.4, 0.5) is 0 Å². The first-order valence-corrected chi connectivity index (χ1v) is 10.9. The number of carbonyl (C=O) groups excluding carboxylic acids is 1. The lowest BCUT2D eigenvalue weighted by Crippen LogP contribution is -2.09. The number of ether oxygens (including phenoxy) is 3. The number of esters is 1. The molecule has 34 heavy (non-hydrogen) atoms. The summed E-state index contributed by atoms with van der Waals surface area (Å²) in [7, 11) is 3.29. The Kier molecular flexibility index (Phi) is 6.79. The van der Waals surface area contributed by atoms with E-state index in [0.717, 1.165) is 44.9 Å². The fourth-order valence-corrected chi connectivity index (χ4v) is 3.62. The van der Waals surface area contributed by atoms with Crippen LogP contribution in [-0.2, 0) is 4.79 Å². The van der Waals surface area contributed by atoms with E-state index in [9.17, 15) is 4.79 Å². The van der Waals surface area contributed by atoms with E-state index in [-0.39, 0.29) is 0 Å². The molecule has 0 N–H and O–H groups in total. The minimum absolute atomic E-state index is 0.343. The number of methoxy groups -OCH3 is 2. The third kappa shape index (κ3) is 5.02. The smallest absolute Gasteiger partial charge is 0.338 e. The Morgan fingerprint density at radius 3 is 1.50 bits per heavy atom. The fourth-order valence-electron chi connectivity index (χ4n) is 3.62. The second kappa shape index (κ2) is 10.1. The van der Waals surface area contributed by atoms with Gasteiger partial charge in [-0.1, -0.05) is 67.2 Å². The number of rotatable bonds is 7. The van der Waals surface area contributed by atoms with Crippen LogP contribution in [-0.4, -0.2) is 20.2 Å². The van der Waals surface area contributed by atoms with Crippen LogP contribution in [0.2, 0.25) is 0 Å². The van der Waals surface area contributed by atoms with Crippen molar-refractivity contribution in [1.29, 1.82) is 0 Å². The Hall–Kier alpha value is -4.31.